The molecule has 0 aliphatic heterocycles. The summed E-state index contributed by atoms with van der Waals surface area (Å²) in [6.07, 6.45) is 0.641. The number of anilines is 1. The summed E-state index contributed by atoms with van der Waals surface area (Å²) in [4.78, 5) is 33.5. The van der Waals surface area contributed by atoms with Crippen LogP contribution in [-0.2, 0) is 9.53 Å². The molecule has 0 saturated carbocycles. The number of hydrogen-bond acceptors (Lipinski definition) is 6. The van der Waals surface area contributed by atoms with E-state index in [0.717, 1.165) is 6.07 Å². The first-order valence-corrected chi connectivity index (χ1v) is 7.26. The number of benzene rings is 1. The number of rotatable bonds is 8. The number of carboxylic acid groups (broad SMARTS) is 1. The van der Waals surface area contributed by atoms with Gasteiger partial charge in [0.25, 0.3) is 5.69 Å². The lowest BCUT2D eigenvalue weighted by Gasteiger charge is -2.21. The third-order valence-electron chi connectivity index (χ3n) is 3.49. The van der Waals surface area contributed by atoms with Gasteiger partial charge in [0.15, 0.2) is 0 Å². The van der Waals surface area contributed by atoms with Crippen molar-refractivity contribution in [3.63, 3.8) is 0 Å². The minimum absolute atomic E-state index is 0.0816. The number of aliphatic carboxylic acids is 1. The van der Waals surface area contributed by atoms with E-state index in [1.165, 1.54) is 12.1 Å². The van der Waals surface area contributed by atoms with E-state index in [0.29, 0.717) is 12.1 Å². The maximum Gasteiger partial charge on any atom is 0.345 e. The monoisotopic (exact) mass is 324 g/mol. The Morgan fingerprint density at radius 1 is 1.39 bits per heavy atom. The summed E-state index contributed by atoms with van der Waals surface area (Å²) in [6, 6.07) is 2.91. The van der Waals surface area contributed by atoms with Crippen molar-refractivity contribution in [1.29, 1.82) is 0 Å². The number of nitro benzene ring substituents is 1. The van der Waals surface area contributed by atoms with Crippen LogP contribution < -0.4 is 5.32 Å². The SMILES string of the molecule is CCOC(=O)c1cc(N[C@H](C(=O)O)[C@@H](C)CC)ccc1[N+](=O)[O-]. The molecule has 1 aromatic rings. The molecule has 2 N–H and O–H groups in total. The van der Waals surface area contributed by atoms with E-state index in [2.05, 4.69) is 5.32 Å². The lowest BCUT2D eigenvalue weighted by atomic mass is 9.99. The Balaban J connectivity index is 3.18. The van der Waals surface area contributed by atoms with E-state index in [-0.39, 0.29) is 23.8 Å². The van der Waals surface area contributed by atoms with Gasteiger partial charge in [-0.2, -0.15) is 0 Å². The number of nitrogens with one attached hydrogen (secondary N) is 1. The zero-order valence-electron chi connectivity index (χ0n) is 13.2. The van der Waals surface area contributed by atoms with Gasteiger partial charge in [-0.05, 0) is 25.0 Å². The van der Waals surface area contributed by atoms with Crippen molar-refractivity contribution in [3.8, 4) is 0 Å². The van der Waals surface area contributed by atoms with E-state index in [4.69, 9.17) is 4.74 Å². The quantitative estimate of drug-likeness (QED) is 0.428. The molecular formula is C15H20N2O6. The zero-order valence-corrected chi connectivity index (χ0v) is 13.2. The lowest BCUT2D eigenvalue weighted by molar-refractivity contribution is -0.385. The van der Waals surface area contributed by atoms with Crippen LogP contribution in [0.3, 0.4) is 0 Å². The van der Waals surface area contributed by atoms with E-state index in [1.54, 1.807) is 13.8 Å². The molecule has 8 heteroatoms. The third kappa shape index (κ3) is 4.67. The summed E-state index contributed by atoms with van der Waals surface area (Å²) >= 11 is 0. The van der Waals surface area contributed by atoms with Gasteiger partial charge in [0.1, 0.15) is 11.6 Å². The highest BCUT2D eigenvalue weighted by atomic mass is 16.6. The first-order valence-electron chi connectivity index (χ1n) is 7.26. The van der Waals surface area contributed by atoms with Crippen LogP contribution in [0.15, 0.2) is 18.2 Å². The maximum atomic E-state index is 11.9. The summed E-state index contributed by atoms with van der Waals surface area (Å²) in [5.41, 5.74) is -0.286. The van der Waals surface area contributed by atoms with Gasteiger partial charge in [0, 0.05) is 11.8 Å². The molecule has 0 fully saturated rings. The first-order chi connectivity index (χ1) is 10.8. The Hall–Kier alpha value is -2.64. The fourth-order valence-corrected chi connectivity index (χ4v) is 2.02. The van der Waals surface area contributed by atoms with E-state index in [9.17, 15) is 24.8 Å². The van der Waals surface area contributed by atoms with Crippen molar-refractivity contribution in [2.24, 2.45) is 5.92 Å². The Bertz CT molecular complexity index is 602. The molecule has 126 valence electrons. The normalized spacial score (nSPS) is 13.0. The van der Waals surface area contributed by atoms with E-state index in [1.807, 2.05) is 6.92 Å². The molecule has 0 bridgehead atoms. The molecule has 0 aliphatic rings. The number of hydrogen-bond donors (Lipinski definition) is 2. The third-order valence-corrected chi connectivity index (χ3v) is 3.49. The Morgan fingerprint density at radius 2 is 2.04 bits per heavy atom. The minimum Gasteiger partial charge on any atom is -0.480 e. The summed E-state index contributed by atoms with van der Waals surface area (Å²) in [5.74, 6) is -2.01. The second-order valence-corrected chi connectivity index (χ2v) is 5.06. The highest BCUT2D eigenvalue weighted by Crippen LogP contribution is 2.25. The van der Waals surface area contributed by atoms with Crippen molar-refractivity contribution in [2.75, 3.05) is 11.9 Å². The first kappa shape index (κ1) is 18.4. The van der Waals surface area contributed by atoms with Crippen LogP contribution in [0, 0.1) is 16.0 Å². The average molecular weight is 324 g/mol. The zero-order chi connectivity index (χ0) is 17.6. The predicted molar refractivity (Wildman–Crippen MR) is 83.6 cm³/mol. The van der Waals surface area contributed by atoms with Gasteiger partial charge in [-0.25, -0.2) is 9.59 Å². The van der Waals surface area contributed by atoms with E-state index >= 15 is 0 Å². The number of esters is 1. The highest BCUT2D eigenvalue weighted by Gasteiger charge is 2.26. The van der Waals surface area contributed by atoms with Crippen molar-refractivity contribution in [2.45, 2.75) is 33.2 Å². The Morgan fingerprint density at radius 3 is 2.52 bits per heavy atom. The van der Waals surface area contributed by atoms with Gasteiger partial charge in [-0.15, -0.1) is 0 Å². The number of carbonyl (C=O) groups excluding carboxylic acids is 1. The fraction of sp³-hybridized carbons (Fsp3) is 0.467. The molecular weight excluding hydrogens is 304 g/mol. The van der Waals surface area contributed by atoms with Crippen LogP contribution in [0.25, 0.3) is 0 Å². The summed E-state index contributed by atoms with van der Waals surface area (Å²) in [5, 5.41) is 23.1. The highest BCUT2D eigenvalue weighted by molar-refractivity contribution is 5.95. The number of carboxylic acids is 1. The predicted octanol–water partition coefficient (Wildman–Crippen LogP) is 2.68. The molecule has 0 spiro atoms. The van der Waals surface area contributed by atoms with Crippen molar-refractivity contribution in [3.05, 3.63) is 33.9 Å². The van der Waals surface area contributed by atoms with Gasteiger partial charge in [-0.3, -0.25) is 10.1 Å². The molecule has 0 aliphatic carbocycles. The number of nitrogens with zero attached hydrogens (tertiary/aromatic N) is 1. The molecule has 0 unspecified atom stereocenters. The molecule has 0 radical (unpaired) electrons. The van der Waals surface area contributed by atoms with Crippen LogP contribution in [0.1, 0.15) is 37.6 Å². The van der Waals surface area contributed by atoms with Crippen molar-refractivity contribution in [1.82, 2.24) is 0 Å². The molecule has 2 atom stereocenters. The lowest BCUT2D eigenvalue weighted by Crippen LogP contribution is -2.35. The smallest absolute Gasteiger partial charge is 0.345 e. The topological polar surface area (TPSA) is 119 Å². The van der Waals surface area contributed by atoms with Gasteiger partial charge in [0.05, 0.1) is 11.5 Å². The van der Waals surface area contributed by atoms with Gasteiger partial charge >= 0.3 is 11.9 Å². The van der Waals surface area contributed by atoms with Crippen molar-refractivity contribution < 1.29 is 24.4 Å². The van der Waals surface area contributed by atoms with Gasteiger partial charge < -0.3 is 15.2 Å². The molecule has 1 rings (SSSR count). The van der Waals surface area contributed by atoms with Gasteiger partial charge in [-0.1, -0.05) is 20.3 Å². The molecule has 23 heavy (non-hydrogen) atoms. The Labute approximate surface area is 133 Å². The largest absolute Gasteiger partial charge is 0.480 e. The van der Waals surface area contributed by atoms with Crippen LogP contribution in [0.5, 0.6) is 0 Å². The molecule has 0 heterocycles. The van der Waals surface area contributed by atoms with Gasteiger partial charge in [0.2, 0.25) is 0 Å². The minimum atomic E-state index is -1.03. The molecule has 0 aromatic heterocycles. The second kappa shape index (κ2) is 8.11. The van der Waals surface area contributed by atoms with Crippen molar-refractivity contribution >= 4 is 23.3 Å². The number of carbonyl (C=O) groups is 2. The van der Waals surface area contributed by atoms with Crippen LogP contribution in [0.4, 0.5) is 11.4 Å². The molecule has 1 aromatic carbocycles. The summed E-state index contributed by atoms with van der Waals surface area (Å²) in [6.45, 7) is 5.32. The van der Waals surface area contributed by atoms with Crippen LogP contribution >= 0.6 is 0 Å². The average Bonchev–Trinajstić information content (AvgIpc) is 2.51. The maximum absolute atomic E-state index is 11.9. The summed E-state index contributed by atoms with van der Waals surface area (Å²) in [7, 11) is 0. The molecule has 8 nitrogen and oxygen atoms in total. The fourth-order valence-electron chi connectivity index (χ4n) is 2.02. The molecule has 0 amide bonds. The Kier molecular flexibility index (Phi) is 6.49. The number of ether oxygens (including phenoxy) is 1. The summed E-state index contributed by atoms with van der Waals surface area (Å²) < 4.78 is 4.81. The molecule has 0 saturated heterocycles. The standard InChI is InChI=1S/C15H20N2O6/c1-4-9(3)13(14(18)19)16-10-6-7-12(17(21)22)11(8-10)15(20)23-5-2/h6-9,13,16H,4-5H2,1-3H3,(H,18,19)/t9-,13-/m0/s1. The number of nitro groups is 1. The van der Waals surface area contributed by atoms with Crippen LogP contribution in [-0.4, -0.2) is 34.6 Å². The second-order valence-electron chi connectivity index (χ2n) is 5.06. The van der Waals surface area contributed by atoms with Crippen LogP contribution in [0.2, 0.25) is 0 Å². The van der Waals surface area contributed by atoms with E-state index < -0.39 is 22.9 Å².